The molecular weight excluding hydrogens is 232 g/mol. The first kappa shape index (κ1) is 11.4. The Bertz CT molecular complexity index is 449. The van der Waals surface area contributed by atoms with Gasteiger partial charge in [-0.2, -0.15) is 0 Å². The predicted octanol–water partition coefficient (Wildman–Crippen LogP) is 4.30. The maximum absolute atomic E-state index is 5.38. The Morgan fingerprint density at radius 1 is 0.875 bits per heavy atom. The van der Waals surface area contributed by atoms with E-state index in [-0.39, 0.29) is 0 Å². The highest BCUT2D eigenvalue weighted by molar-refractivity contribution is 8.23. The maximum atomic E-state index is 5.38. The number of rotatable bonds is 3. The molecule has 0 bridgehead atoms. The van der Waals surface area contributed by atoms with Crippen LogP contribution >= 0.6 is 24.0 Å². The minimum Gasteiger partial charge on any atom is -0.109 e. The zero-order chi connectivity index (χ0) is 11.2. The molecule has 2 aromatic carbocycles. The molecule has 2 heteroatoms. The molecule has 0 unspecified atom stereocenters. The molecule has 16 heavy (non-hydrogen) atoms. The minimum atomic E-state index is 0.939. The Hall–Kier alpha value is -1.12. The van der Waals surface area contributed by atoms with Crippen LogP contribution < -0.4 is 0 Å². The van der Waals surface area contributed by atoms with Crippen LogP contribution in [-0.4, -0.2) is 4.20 Å². The molecule has 0 atom stereocenters. The largest absolute Gasteiger partial charge is 0.109 e. The third kappa shape index (κ3) is 3.19. The molecule has 0 fully saturated rings. The van der Waals surface area contributed by atoms with Crippen LogP contribution in [0.4, 0.5) is 0 Å². The smallest absolute Gasteiger partial charge is 0.0781 e. The van der Waals surface area contributed by atoms with E-state index in [4.69, 9.17) is 12.2 Å². The van der Waals surface area contributed by atoms with E-state index in [1.165, 1.54) is 5.56 Å². The van der Waals surface area contributed by atoms with Crippen LogP contribution in [0.3, 0.4) is 0 Å². The number of hydrogen-bond donors (Lipinski definition) is 0. The quantitative estimate of drug-likeness (QED) is 0.738. The summed E-state index contributed by atoms with van der Waals surface area (Å²) in [6.07, 6.45) is 0. The highest BCUT2D eigenvalue weighted by Gasteiger charge is 2.01. The van der Waals surface area contributed by atoms with Crippen molar-refractivity contribution >= 4 is 28.2 Å². The van der Waals surface area contributed by atoms with Gasteiger partial charge in [0.2, 0.25) is 0 Å². The lowest BCUT2D eigenvalue weighted by Gasteiger charge is -2.03. The van der Waals surface area contributed by atoms with Crippen molar-refractivity contribution in [2.24, 2.45) is 0 Å². The topological polar surface area (TPSA) is 0 Å². The molecule has 0 saturated heterocycles. The van der Waals surface area contributed by atoms with Crippen LogP contribution in [0.5, 0.6) is 0 Å². The molecule has 0 amide bonds. The maximum Gasteiger partial charge on any atom is 0.0781 e. The van der Waals surface area contributed by atoms with E-state index in [0.717, 1.165) is 15.5 Å². The van der Waals surface area contributed by atoms with E-state index in [0.29, 0.717) is 0 Å². The third-order valence-corrected chi connectivity index (χ3v) is 3.79. The van der Waals surface area contributed by atoms with Crippen molar-refractivity contribution in [2.45, 2.75) is 5.75 Å². The Morgan fingerprint density at radius 3 is 2.06 bits per heavy atom. The van der Waals surface area contributed by atoms with Crippen molar-refractivity contribution in [3.8, 4) is 0 Å². The van der Waals surface area contributed by atoms with E-state index >= 15 is 0 Å². The van der Waals surface area contributed by atoms with Crippen LogP contribution in [0, 0.1) is 0 Å². The van der Waals surface area contributed by atoms with Crippen molar-refractivity contribution < 1.29 is 0 Å². The van der Waals surface area contributed by atoms with Crippen LogP contribution in [0.15, 0.2) is 60.7 Å². The van der Waals surface area contributed by atoms with Crippen molar-refractivity contribution in [2.75, 3.05) is 0 Å². The fourth-order valence-corrected chi connectivity index (χ4v) is 2.49. The van der Waals surface area contributed by atoms with Crippen molar-refractivity contribution in [3.05, 3.63) is 71.8 Å². The Kier molecular flexibility index (Phi) is 4.14. The molecule has 0 radical (unpaired) electrons. The second kappa shape index (κ2) is 5.83. The highest BCUT2D eigenvalue weighted by Crippen LogP contribution is 2.18. The summed E-state index contributed by atoms with van der Waals surface area (Å²) in [7, 11) is 0. The highest BCUT2D eigenvalue weighted by atomic mass is 32.2. The molecule has 0 saturated carbocycles. The first-order chi connectivity index (χ1) is 7.86. The van der Waals surface area contributed by atoms with Gasteiger partial charge in [0.1, 0.15) is 0 Å². The van der Waals surface area contributed by atoms with Gasteiger partial charge in [-0.05, 0) is 11.1 Å². The Labute approximate surface area is 106 Å². The minimum absolute atomic E-state index is 0.939. The van der Waals surface area contributed by atoms with E-state index in [2.05, 4.69) is 36.4 Å². The first-order valence-electron chi connectivity index (χ1n) is 5.12. The second-order valence-corrected chi connectivity index (χ2v) is 5.08. The molecule has 0 aliphatic carbocycles. The van der Waals surface area contributed by atoms with Crippen molar-refractivity contribution in [1.82, 2.24) is 0 Å². The van der Waals surface area contributed by atoms with Gasteiger partial charge in [0.15, 0.2) is 0 Å². The summed E-state index contributed by atoms with van der Waals surface area (Å²) >= 11 is 7.10. The van der Waals surface area contributed by atoms with Crippen molar-refractivity contribution in [3.63, 3.8) is 0 Å². The lowest BCUT2D eigenvalue weighted by molar-refractivity contribution is 1.43. The third-order valence-electron chi connectivity index (χ3n) is 2.22. The van der Waals surface area contributed by atoms with Crippen LogP contribution in [0.1, 0.15) is 11.1 Å². The van der Waals surface area contributed by atoms with Gasteiger partial charge in [0.25, 0.3) is 0 Å². The summed E-state index contributed by atoms with van der Waals surface area (Å²) < 4.78 is 0.962. The summed E-state index contributed by atoms with van der Waals surface area (Å²) in [5, 5.41) is 0. The fraction of sp³-hybridized carbons (Fsp3) is 0.0714. The molecule has 2 rings (SSSR count). The van der Waals surface area contributed by atoms with Crippen LogP contribution in [-0.2, 0) is 5.75 Å². The van der Waals surface area contributed by atoms with E-state index in [1.807, 2.05) is 24.3 Å². The second-order valence-electron chi connectivity index (χ2n) is 3.43. The monoisotopic (exact) mass is 244 g/mol. The van der Waals surface area contributed by atoms with Gasteiger partial charge >= 0.3 is 0 Å². The molecule has 0 aromatic heterocycles. The molecular formula is C14H12S2. The molecule has 0 heterocycles. The normalized spacial score (nSPS) is 10.0. The average Bonchev–Trinajstić information content (AvgIpc) is 2.38. The number of thiocarbonyl (C=S) groups is 1. The van der Waals surface area contributed by atoms with Gasteiger partial charge in [-0.15, -0.1) is 11.8 Å². The lowest BCUT2D eigenvalue weighted by atomic mass is 10.2. The lowest BCUT2D eigenvalue weighted by Crippen LogP contribution is -1.91. The number of benzene rings is 2. The average molecular weight is 244 g/mol. The van der Waals surface area contributed by atoms with Crippen LogP contribution in [0.2, 0.25) is 0 Å². The van der Waals surface area contributed by atoms with Gasteiger partial charge in [0.05, 0.1) is 4.20 Å². The van der Waals surface area contributed by atoms with Gasteiger partial charge in [-0.3, -0.25) is 0 Å². The summed E-state index contributed by atoms with van der Waals surface area (Å²) in [5.41, 5.74) is 2.45. The van der Waals surface area contributed by atoms with Crippen LogP contribution in [0.25, 0.3) is 0 Å². The van der Waals surface area contributed by atoms with Gasteiger partial charge in [0, 0.05) is 5.75 Å². The van der Waals surface area contributed by atoms with E-state index in [1.54, 1.807) is 11.8 Å². The van der Waals surface area contributed by atoms with E-state index < -0.39 is 0 Å². The molecule has 0 nitrogen and oxygen atoms in total. The van der Waals surface area contributed by atoms with Gasteiger partial charge < -0.3 is 0 Å². The predicted molar refractivity (Wildman–Crippen MR) is 75.9 cm³/mol. The summed E-state index contributed by atoms with van der Waals surface area (Å²) in [6, 6.07) is 20.6. The fourth-order valence-electron chi connectivity index (χ4n) is 1.38. The summed E-state index contributed by atoms with van der Waals surface area (Å²) in [5.74, 6) is 0.939. The molecule has 0 aliphatic heterocycles. The molecule has 0 spiro atoms. The Morgan fingerprint density at radius 2 is 1.44 bits per heavy atom. The zero-order valence-electron chi connectivity index (χ0n) is 8.80. The molecule has 80 valence electrons. The Balaban J connectivity index is 1.95. The van der Waals surface area contributed by atoms with Gasteiger partial charge in [-0.25, -0.2) is 0 Å². The molecule has 2 aromatic rings. The van der Waals surface area contributed by atoms with Gasteiger partial charge in [-0.1, -0.05) is 72.9 Å². The van der Waals surface area contributed by atoms with Crippen molar-refractivity contribution in [1.29, 1.82) is 0 Å². The zero-order valence-corrected chi connectivity index (χ0v) is 10.4. The standard InChI is InChI=1S/C14H12S2/c15-14(13-9-5-2-6-10-13)16-11-12-7-3-1-4-8-12/h1-10H,11H2. The molecule has 0 N–H and O–H groups in total. The first-order valence-corrected chi connectivity index (χ1v) is 6.52. The summed E-state index contributed by atoms with van der Waals surface area (Å²) in [4.78, 5) is 0. The number of thioether (sulfide) groups is 1. The number of hydrogen-bond acceptors (Lipinski definition) is 2. The molecule has 0 aliphatic rings. The SMILES string of the molecule is S=C(SCc1ccccc1)c1ccccc1. The van der Waals surface area contributed by atoms with E-state index in [9.17, 15) is 0 Å². The summed E-state index contributed by atoms with van der Waals surface area (Å²) in [6.45, 7) is 0.